The molecule has 0 saturated carbocycles. The number of carboxylic acids is 1. The van der Waals surface area contributed by atoms with Crippen LogP contribution in [0.4, 0.5) is 0 Å². The molecule has 1 aromatic rings. The van der Waals surface area contributed by atoms with Gasteiger partial charge in [0, 0.05) is 18.5 Å². The number of carbonyl (C=O) groups excluding carboxylic acids is 1. The average molecular weight is 434 g/mol. The maximum atomic E-state index is 12.2. The zero-order valence-corrected chi connectivity index (χ0v) is 19.9. The van der Waals surface area contributed by atoms with Crippen LogP contribution in [0.5, 0.6) is 0 Å². The van der Waals surface area contributed by atoms with E-state index in [1.165, 1.54) is 76.7 Å². The van der Waals surface area contributed by atoms with Gasteiger partial charge in [0.2, 0.25) is 0 Å². The second kappa shape index (κ2) is 16.7. The van der Waals surface area contributed by atoms with Crippen LogP contribution in [0.15, 0.2) is 18.3 Å². The van der Waals surface area contributed by atoms with Crippen molar-refractivity contribution in [2.75, 3.05) is 0 Å². The highest BCUT2D eigenvalue weighted by Crippen LogP contribution is 2.23. The van der Waals surface area contributed by atoms with Crippen molar-refractivity contribution < 1.29 is 19.4 Å². The third-order valence-corrected chi connectivity index (χ3v) is 6.01. The first-order valence-corrected chi connectivity index (χ1v) is 12.3. The summed E-state index contributed by atoms with van der Waals surface area (Å²) in [5, 5.41) is 9.32. The number of rotatable bonds is 18. The number of aromatic carboxylic acids is 1. The zero-order chi connectivity index (χ0) is 22.9. The number of aromatic nitrogens is 1. The molecule has 0 spiro atoms. The Kier molecular flexibility index (Phi) is 14.6. The van der Waals surface area contributed by atoms with Crippen molar-refractivity contribution in [3.63, 3.8) is 0 Å². The molecule has 0 bridgehead atoms. The lowest BCUT2D eigenvalue weighted by molar-refractivity contribution is -0.149. The number of nitrogens with zero attached hydrogens (tertiary/aromatic N) is 1. The van der Waals surface area contributed by atoms with Crippen LogP contribution < -0.4 is 0 Å². The second-order valence-corrected chi connectivity index (χ2v) is 8.72. The van der Waals surface area contributed by atoms with Gasteiger partial charge in [0.1, 0.15) is 6.10 Å². The van der Waals surface area contributed by atoms with Crippen molar-refractivity contribution in [1.29, 1.82) is 0 Å². The summed E-state index contributed by atoms with van der Waals surface area (Å²) in [5.41, 5.74) is 0.616. The molecule has 1 N–H and O–H groups in total. The monoisotopic (exact) mass is 433 g/mol. The van der Waals surface area contributed by atoms with Gasteiger partial charge in [-0.15, -0.1) is 0 Å². The van der Waals surface area contributed by atoms with Crippen LogP contribution >= 0.6 is 0 Å². The number of carboxylic acid groups (broad SMARTS) is 1. The first kappa shape index (κ1) is 27.1. The summed E-state index contributed by atoms with van der Waals surface area (Å²) in [5.74, 6) is -1.50. The topological polar surface area (TPSA) is 76.5 Å². The third kappa shape index (κ3) is 11.9. The van der Waals surface area contributed by atoms with Gasteiger partial charge in [-0.25, -0.2) is 4.79 Å². The molecule has 0 aliphatic heterocycles. The first-order chi connectivity index (χ1) is 15.0. The number of unbranched alkanes of at least 4 members (excludes halogenated alkanes) is 12. The molecule has 176 valence electrons. The van der Waals surface area contributed by atoms with E-state index >= 15 is 0 Å². The molecule has 0 amide bonds. The van der Waals surface area contributed by atoms with E-state index in [1.54, 1.807) is 19.2 Å². The summed E-state index contributed by atoms with van der Waals surface area (Å²) in [7, 11) is 0. The molecule has 1 rings (SSSR count). The van der Waals surface area contributed by atoms with E-state index < -0.39 is 12.1 Å². The summed E-state index contributed by atoms with van der Waals surface area (Å²) in [6, 6.07) is 3.13. The van der Waals surface area contributed by atoms with Crippen LogP contribution in [0.3, 0.4) is 0 Å². The summed E-state index contributed by atoms with van der Waals surface area (Å²) in [6.45, 7) is 5.90. The number of hydrogen-bond acceptors (Lipinski definition) is 4. The molecule has 0 aliphatic carbocycles. The Morgan fingerprint density at radius 2 is 1.42 bits per heavy atom. The third-order valence-electron chi connectivity index (χ3n) is 6.01. The van der Waals surface area contributed by atoms with Crippen LogP contribution in [0, 0.1) is 0 Å². The van der Waals surface area contributed by atoms with E-state index in [1.807, 2.05) is 6.92 Å². The molecule has 0 saturated heterocycles. The predicted octanol–water partition coefficient (Wildman–Crippen LogP) is 7.30. The minimum Gasteiger partial charge on any atom is -0.478 e. The molecule has 0 fully saturated rings. The lowest BCUT2D eigenvalue weighted by atomic mass is 9.97. The van der Waals surface area contributed by atoms with E-state index in [4.69, 9.17) is 4.74 Å². The van der Waals surface area contributed by atoms with Crippen molar-refractivity contribution in [3.05, 3.63) is 29.6 Å². The molecule has 2 unspecified atom stereocenters. The molecule has 5 heteroatoms. The van der Waals surface area contributed by atoms with Gasteiger partial charge < -0.3 is 9.84 Å². The molecule has 0 aromatic carbocycles. The molecule has 1 heterocycles. The van der Waals surface area contributed by atoms with Crippen LogP contribution in [-0.2, 0) is 9.53 Å². The minimum atomic E-state index is -1.01. The highest BCUT2D eigenvalue weighted by Gasteiger charge is 2.24. The minimum absolute atomic E-state index is 0.161. The molecular weight excluding hydrogens is 390 g/mol. The normalized spacial score (nSPS) is 13.0. The van der Waals surface area contributed by atoms with Gasteiger partial charge in [-0.05, 0) is 25.5 Å². The molecule has 31 heavy (non-hydrogen) atoms. The number of pyridine rings is 1. The summed E-state index contributed by atoms with van der Waals surface area (Å²) < 4.78 is 5.54. The van der Waals surface area contributed by atoms with Crippen LogP contribution in [0.2, 0.25) is 0 Å². The highest BCUT2D eigenvalue weighted by molar-refractivity contribution is 5.89. The van der Waals surface area contributed by atoms with Crippen molar-refractivity contribution >= 4 is 11.9 Å². The Bertz CT molecular complexity index is 632. The second-order valence-electron chi connectivity index (χ2n) is 8.72. The first-order valence-electron chi connectivity index (χ1n) is 12.3. The fourth-order valence-corrected chi connectivity index (χ4v) is 3.84. The van der Waals surface area contributed by atoms with Crippen molar-refractivity contribution in [2.45, 2.75) is 123 Å². The largest absolute Gasteiger partial charge is 0.478 e. The lowest BCUT2D eigenvalue weighted by Crippen LogP contribution is -2.23. The Hall–Kier alpha value is -1.91. The molecule has 0 radical (unpaired) electrons. The molecule has 1 aromatic heterocycles. The van der Waals surface area contributed by atoms with Crippen LogP contribution in [-0.4, -0.2) is 28.1 Å². The van der Waals surface area contributed by atoms with Gasteiger partial charge in [-0.1, -0.05) is 90.9 Å². The van der Waals surface area contributed by atoms with Gasteiger partial charge in [0.15, 0.2) is 0 Å². The fourth-order valence-electron chi connectivity index (χ4n) is 3.84. The zero-order valence-electron chi connectivity index (χ0n) is 19.9. The highest BCUT2D eigenvalue weighted by atomic mass is 16.5. The Labute approximate surface area is 189 Å². The molecule has 0 aliphatic rings. The van der Waals surface area contributed by atoms with Gasteiger partial charge in [0.25, 0.3) is 0 Å². The number of carbonyl (C=O) groups is 2. The van der Waals surface area contributed by atoms with Gasteiger partial charge in [0.05, 0.1) is 11.3 Å². The van der Waals surface area contributed by atoms with Gasteiger partial charge in [-0.3, -0.25) is 9.78 Å². The molecule has 5 nitrogen and oxygen atoms in total. The maximum absolute atomic E-state index is 12.2. The standard InChI is InChI=1S/C26H43NO4/c1-4-5-6-7-8-9-10-11-12-13-14-15-16-19-24(28)31-22(3)21(2)25-23(26(29)30)18-17-20-27-25/h17-18,20-22H,4-16,19H2,1-3H3,(H,29,30). The van der Waals surface area contributed by atoms with E-state index in [0.29, 0.717) is 12.1 Å². The molecular formula is C26H43NO4. The fraction of sp³-hybridized carbons (Fsp3) is 0.731. The number of esters is 1. The predicted molar refractivity (Wildman–Crippen MR) is 125 cm³/mol. The average Bonchev–Trinajstić information content (AvgIpc) is 2.76. The van der Waals surface area contributed by atoms with E-state index in [2.05, 4.69) is 11.9 Å². The van der Waals surface area contributed by atoms with E-state index in [9.17, 15) is 14.7 Å². The quantitative estimate of drug-likeness (QED) is 0.194. The van der Waals surface area contributed by atoms with E-state index in [0.717, 1.165) is 12.8 Å². The smallest absolute Gasteiger partial charge is 0.337 e. The van der Waals surface area contributed by atoms with Crippen molar-refractivity contribution in [1.82, 2.24) is 4.98 Å². The van der Waals surface area contributed by atoms with E-state index in [-0.39, 0.29) is 17.5 Å². The van der Waals surface area contributed by atoms with Crippen LogP contribution in [0.1, 0.15) is 133 Å². The maximum Gasteiger partial charge on any atom is 0.337 e. The SMILES string of the molecule is CCCCCCCCCCCCCCCC(=O)OC(C)C(C)c1ncccc1C(=O)O. The van der Waals surface area contributed by atoms with Crippen LogP contribution in [0.25, 0.3) is 0 Å². The summed E-state index contributed by atoms with van der Waals surface area (Å²) in [6.07, 6.45) is 18.1. The Morgan fingerprint density at radius 1 is 0.903 bits per heavy atom. The van der Waals surface area contributed by atoms with Gasteiger partial charge in [-0.2, -0.15) is 0 Å². The Balaban J connectivity index is 2.10. The number of ether oxygens (including phenoxy) is 1. The molecule has 2 atom stereocenters. The summed E-state index contributed by atoms with van der Waals surface area (Å²) >= 11 is 0. The number of hydrogen-bond donors (Lipinski definition) is 1. The van der Waals surface area contributed by atoms with Crippen molar-refractivity contribution in [2.24, 2.45) is 0 Å². The lowest BCUT2D eigenvalue weighted by Gasteiger charge is -2.21. The summed E-state index contributed by atoms with van der Waals surface area (Å²) in [4.78, 5) is 27.7. The Morgan fingerprint density at radius 3 is 1.94 bits per heavy atom. The van der Waals surface area contributed by atoms with Crippen molar-refractivity contribution in [3.8, 4) is 0 Å². The van der Waals surface area contributed by atoms with Gasteiger partial charge >= 0.3 is 11.9 Å².